The Morgan fingerprint density at radius 2 is 1.92 bits per heavy atom. The van der Waals surface area contributed by atoms with Crippen LogP contribution < -0.4 is 0 Å². The maximum Gasteiger partial charge on any atom is 0.410 e. The average Bonchev–Trinajstić information content (AvgIpc) is 2.57. The summed E-state index contributed by atoms with van der Waals surface area (Å²) in [5, 5.41) is 9.39. The highest BCUT2D eigenvalue weighted by atomic mass is 16.6. The number of benzene rings is 1. The van der Waals surface area contributed by atoms with Gasteiger partial charge in [-0.15, -0.1) is 6.58 Å². The minimum Gasteiger partial charge on any atom is -0.480 e. The highest BCUT2D eigenvalue weighted by Crippen LogP contribution is 2.16. The molecular weight excluding hydrogens is 318 g/mol. The zero-order valence-electron chi connectivity index (χ0n) is 15.4. The van der Waals surface area contributed by atoms with Crippen molar-refractivity contribution < 1.29 is 19.4 Å². The van der Waals surface area contributed by atoms with Gasteiger partial charge in [0.05, 0.1) is 0 Å². The van der Waals surface area contributed by atoms with Gasteiger partial charge in [-0.1, -0.05) is 50.3 Å². The Bertz CT molecular complexity index is 556. The number of amides is 1. The molecule has 1 rings (SSSR count). The molecule has 5 nitrogen and oxygen atoms in total. The van der Waals surface area contributed by atoms with Gasteiger partial charge in [0.25, 0.3) is 0 Å². The second-order valence-corrected chi connectivity index (χ2v) is 6.66. The van der Waals surface area contributed by atoms with Crippen LogP contribution in [-0.2, 0) is 16.0 Å². The molecule has 0 saturated carbocycles. The van der Waals surface area contributed by atoms with Crippen molar-refractivity contribution in [1.82, 2.24) is 4.90 Å². The Hall–Kier alpha value is -2.30. The Kier molecular flexibility index (Phi) is 8.75. The zero-order chi connectivity index (χ0) is 18.8. The first-order valence-electron chi connectivity index (χ1n) is 8.66. The lowest BCUT2D eigenvalue weighted by atomic mass is 10.0. The molecule has 1 aromatic carbocycles. The molecule has 2 atom stereocenters. The van der Waals surface area contributed by atoms with Crippen LogP contribution in [0.3, 0.4) is 0 Å². The van der Waals surface area contributed by atoms with Crippen LogP contribution in [0.25, 0.3) is 0 Å². The van der Waals surface area contributed by atoms with E-state index < -0.39 is 18.1 Å². The second kappa shape index (κ2) is 10.5. The third-order valence-electron chi connectivity index (χ3n) is 4.00. The van der Waals surface area contributed by atoms with Crippen molar-refractivity contribution >= 4 is 12.1 Å². The molecular formula is C20H29NO4. The van der Waals surface area contributed by atoms with Gasteiger partial charge in [-0.2, -0.15) is 0 Å². The van der Waals surface area contributed by atoms with Crippen molar-refractivity contribution in [3.8, 4) is 0 Å². The zero-order valence-corrected chi connectivity index (χ0v) is 15.4. The van der Waals surface area contributed by atoms with E-state index >= 15 is 0 Å². The van der Waals surface area contributed by atoms with E-state index in [4.69, 9.17) is 4.74 Å². The molecule has 5 heteroatoms. The summed E-state index contributed by atoms with van der Waals surface area (Å²) in [6.45, 7) is 7.57. The van der Waals surface area contributed by atoms with E-state index in [9.17, 15) is 14.7 Å². The number of carbonyl (C=O) groups excluding carboxylic acids is 1. The minimum atomic E-state index is -1.01. The Morgan fingerprint density at radius 3 is 2.44 bits per heavy atom. The number of nitrogens with zero attached hydrogens (tertiary/aromatic N) is 1. The van der Waals surface area contributed by atoms with Gasteiger partial charge in [0.15, 0.2) is 0 Å². The smallest absolute Gasteiger partial charge is 0.410 e. The number of allylic oxidation sites excluding steroid dienone is 1. The fraction of sp³-hybridized carbons (Fsp3) is 0.500. The molecule has 0 spiro atoms. The lowest BCUT2D eigenvalue weighted by Gasteiger charge is -2.28. The topological polar surface area (TPSA) is 66.8 Å². The van der Waals surface area contributed by atoms with Crippen molar-refractivity contribution in [2.45, 2.75) is 51.7 Å². The standard InChI is InChI=1S/C20H29NO4/c1-5-6-12-17(14-16-10-8-7-9-11-16)25-20(24)21(4)18(19(22)23)13-15(2)3/h5,7-11,15,17-18H,1,6,12-14H2,2-4H3,(H,22,23). The van der Waals surface area contributed by atoms with E-state index in [0.717, 1.165) is 12.0 Å². The van der Waals surface area contributed by atoms with Crippen LogP contribution in [0.4, 0.5) is 4.79 Å². The monoisotopic (exact) mass is 347 g/mol. The number of hydrogen-bond acceptors (Lipinski definition) is 3. The number of ether oxygens (including phenoxy) is 1. The summed E-state index contributed by atoms with van der Waals surface area (Å²) in [7, 11) is 1.48. The van der Waals surface area contributed by atoms with Crippen molar-refractivity contribution in [2.24, 2.45) is 5.92 Å². The van der Waals surface area contributed by atoms with Crippen molar-refractivity contribution in [3.05, 3.63) is 48.6 Å². The quantitative estimate of drug-likeness (QED) is 0.646. The molecule has 25 heavy (non-hydrogen) atoms. The maximum absolute atomic E-state index is 12.4. The number of rotatable bonds is 10. The summed E-state index contributed by atoms with van der Waals surface area (Å²) in [6.07, 6.45) is 3.23. The molecule has 1 N–H and O–H groups in total. The molecule has 0 aromatic heterocycles. The predicted octanol–water partition coefficient (Wildman–Crippen LogP) is 4.13. The summed E-state index contributed by atoms with van der Waals surface area (Å²) in [6, 6.07) is 8.90. The number of carboxylic acid groups (broad SMARTS) is 1. The first-order chi connectivity index (χ1) is 11.8. The van der Waals surface area contributed by atoms with Gasteiger partial charge in [-0.05, 0) is 30.7 Å². The molecule has 0 radical (unpaired) electrons. The summed E-state index contributed by atoms with van der Waals surface area (Å²) in [5.41, 5.74) is 1.07. The van der Waals surface area contributed by atoms with Crippen LogP contribution in [0.2, 0.25) is 0 Å². The lowest BCUT2D eigenvalue weighted by Crippen LogP contribution is -2.44. The van der Waals surface area contributed by atoms with Crippen LogP contribution >= 0.6 is 0 Å². The van der Waals surface area contributed by atoms with Gasteiger partial charge in [-0.3, -0.25) is 4.90 Å². The molecule has 0 aliphatic carbocycles. The number of likely N-dealkylation sites (N-methyl/N-ethyl adjacent to an activating group) is 1. The van der Waals surface area contributed by atoms with Gasteiger partial charge in [-0.25, -0.2) is 9.59 Å². The molecule has 0 bridgehead atoms. The van der Waals surface area contributed by atoms with Crippen LogP contribution in [0.5, 0.6) is 0 Å². The third kappa shape index (κ3) is 7.42. The van der Waals surface area contributed by atoms with Gasteiger partial charge in [0.1, 0.15) is 12.1 Å². The van der Waals surface area contributed by atoms with E-state index in [-0.39, 0.29) is 12.0 Å². The average molecular weight is 347 g/mol. The fourth-order valence-electron chi connectivity index (χ4n) is 2.61. The van der Waals surface area contributed by atoms with Gasteiger partial charge >= 0.3 is 12.1 Å². The van der Waals surface area contributed by atoms with E-state index in [2.05, 4.69) is 6.58 Å². The largest absolute Gasteiger partial charge is 0.480 e. The van der Waals surface area contributed by atoms with E-state index in [1.54, 1.807) is 6.08 Å². The van der Waals surface area contributed by atoms with Crippen molar-refractivity contribution in [1.29, 1.82) is 0 Å². The third-order valence-corrected chi connectivity index (χ3v) is 4.00. The highest BCUT2D eigenvalue weighted by Gasteiger charge is 2.29. The van der Waals surface area contributed by atoms with Crippen molar-refractivity contribution in [3.63, 3.8) is 0 Å². The van der Waals surface area contributed by atoms with Crippen LogP contribution in [0, 0.1) is 5.92 Å². The predicted molar refractivity (Wildman–Crippen MR) is 98.5 cm³/mol. The molecule has 0 saturated heterocycles. The SMILES string of the molecule is C=CCCC(Cc1ccccc1)OC(=O)N(C)C(CC(C)C)C(=O)O. The van der Waals surface area contributed by atoms with E-state index in [1.165, 1.54) is 11.9 Å². The minimum absolute atomic E-state index is 0.164. The molecule has 0 heterocycles. The van der Waals surface area contributed by atoms with Gasteiger partial charge in [0, 0.05) is 13.5 Å². The molecule has 1 aromatic rings. The first kappa shape index (κ1) is 20.7. The number of aliphatic carboxylic acids is 1. The Morgan fingerprint density at radius 1 is 1.28 bits per heavy atom. The van der Waals surface area contributed by atoms with Crippen LogP contribution in [0.15, 0.2) is 43.0 Å². The fourth-order valence-corrected chi connectivity index (χ4v) is 2.61. The normalized spacial score (nSPS) is 13.1. The maximum atomic E-state index is 12.4. The molecule has 2 unspecified atom stereocenters. The molecule has 0 fully saturated rings. The lowest BCUT2D eigenvalue weighted by molar-refractivity contribution is -0.143. The van der Waals surface area contributed by atoms with Crippen LogP contribution in [-0.4, -0.2) is 41.3 Å². The molecule has 0 aliphatic heterocycles. The summed E-state index contributed by atoms with van der Waals surface area (Å²) in [5.74, 6) is -0.851. The van der Waals surface area contributed by atoms with Crippen LogP contribution in [0.1, 0.15) is 38.7 Å². The second-order valence-electron chi connectivity index (χ2n) is 6.66. The number of carbonyl (C=O) groups is 2. The summed E-state index contributed by atoms with van der Waals surface area (Å²) >= 11 is 0. The molecule has 1 amide bonds. The Labute approximate surface area is 150 Å². The Balaban J connectivity index is 2.77. The molecule has 0 aliphatic rings. The van der Waals surface area contributed by atoms with Gasteiger partial charge < -0.3 is 9.84 Å². The molecule has 138 valence electrons. The first-order valence-corrected chi connectivity index (χ1v) is 8.66. The van der Waals surface area contributed by atoms with Gasteiger partial charge in [0.2, 0.25) is 0 Å². The highest BCUT2D eigenvalue weighted by molar-refractivity contribution is 5.79. The van der Waals surface area contributed by atoms with Crippen molar-refractivity contribution in [2.75, 3.05) is 7.05 Å². The number of hydrogen-bond donors (Lipinski definition) is 1. The number of carboxylic acids is 1. The van der Waals surface area contributed by atoms with E-state index in [0.29, 0.717) is 19.3 Å². The van der Waals surface area contributed by atoms with E-state index in [1.807, 2.05) is 44.2 Å². The summed E-state index contributed by atoms with van der Waals surface area (Å²) in [4.78, 5) is 25.1. The summed E-state index contributed by atoms with van der Waals surface area (Å²) < 4.78 is 5.61.